The quantitative estimate of drug-likeness (QED) is 0.505. The minimum atomic E-state index is -4.77. The zero-order chi connectivity index (χ0) is 26.0. The summed E-state index contributed by atoms with van der Waals surface area (Å²) < 4.78 is 47.7. The molecule has 3 aromatic rings. The van der Waals surface area contributed by atoms with Gasteiger partial charge in [-0.25, -0.2) is 0 Å². The summed E-state index contributed by atoms with van der Waals surface area (Å²) in [5.41, 5.74) is 2.48. The average molecular weight is 505 g/mol. The van der Waals surface area contributed by atoms with Crippen molar-refractivity contribution in [2.75, 3.05) is 26.7 Å². The fourth-order valence-electron chi connectivity index (χ4n) is 4.08. The van der Waals surface area contributed by atoms with Crippen LogP contribution in [0.1, 0.15) is 33.2 Å². The number of aromatic nitrogens is 2. The summed E-state index contributed by atoms with van der Waals surface area (Å²) in [5, 5.41) is 8.32. The summed E-state index contributed by atoms with van der Waals surface area (Å²) in [6.45, 7) is 5.78. The minimum Gasteiger partial charge on any atom is -0.406 e. The van der Waals surface area contributed by atoms with Crippen LogP contribution in [0.5, 0.6) is 5.75 Å². The number of benzene rings is 2. The summed E-state index contributed by atoms with van der Waals surface area (Å²) in [7, 11) is 1.59. The standard InChI is InChI=1S/C25H27F3N4O4/c1-15-8-22-19(9-21(15)23(33)29-10-16(2)35-3)14-32(30-22)13-17-11-31(12-17)24(34)18-4-6-20(7-5-18)36-25(26,27)28/h4-9,14,16-17H,10-13H2,1-3H3,(H,29,33). The smallest absolute Gasteiger partial charge is 0.406 e. The molecule has 36 heavy (non-hydrogen) atoms. The summed E-state index contributed by atoms with van der Waals surface area (Å²) in [5.74, 6) is -0.594. The van der Waals surface area contributed by atoms with Crippen LogP contribution >= 0.6 is 0 Å². The fourth-order valence-corrected chi connectivity index (χ4v) is 4.08. The van der Waals surface area contributed by atoms with Crippen molar-refractivity contribution in [3.63, 3.8) is 0 Å². The highest BCUT2D eigenvalue weighted by Crippen LogP contribution is 2.26. The first kappa shape index (κ1) is 25.5. The maximum atomic E-state index is 12.6. The molecule has 4 rings (SSSR count). The molecule has 1 aliphatic rings. The molecule has 0 spiro atoms. The number of amides is 2. The SMILES string of the molecule is COC(C)CNC(=O)c1cc2cn(CC3CN(C(=O)c4ccc(OC(F)(F)F)cc4)C3)nc2cc1C. The number of hydrogen-bond acceptors (Lipinski definition) is 5. The summed E-state index contributed by atoms with van der Waals surface area (Å²) in [6.07, 6.45) is -2.98. The number of aryl methyl sites for hydroxylation is 1. The molecule has 0 radical (unpaired) electrons. The normalized spacial score (nSPS) is 15.0. The van der Waals surface area contributed by atoms with Crippen LogP contribution in [0.3, 0.4) is 0 Å². The Bertz CT molecular complexity index is 1250. The van der Waals surface area contributed by atoms with Crippen molar-refractivity contribution in [1.29, 1.82) is 0 Å². The van der Waals surface area contributed by atoms with Crippen LogP contribution in [0.15, 0.2) is 42.6 Å². The van der Waals surface area contributed by atoms with E-state index in [-0.39, 0.29) is 29.6 Å². The van der Waals surface area contributed by atoms with Crippen molar-refractivity contribution in [3.05, 3.63) is 59.3 Å². The number of alkyl halides is 3. The van der Waals surface area contributed by atoms with Crippen LogP contribution in [0.2, 0.25) is 0 Å². The monoisotopic (exact) mass is 504 g/mol. The highest BCUT2D eigenvalue weighted by Gasteiger charge is 2.33. The zero-order valence-corrected chi connectivity index (χ0v) is 20.1. The molecule has 2 amide bonds. The summed E-state index contributed by atoms with van der Waals surface area (Å²) in [6, 6.07) is 8.60. The van der Waals surface area contributed by atoms with Gasteiger partial charge in [0.2, 0.25) is 0 Å². The van der Waals surface area contributed by atoms with Crippen molar-refractivity contribution >= 4 is 22.7 Å². The number of methoxy groups -OCH3 is 1. The van der Waals surface area contributed by atoms with Crippen molar-refractivity contribution in [2.24, 2.45) is 5.92 Å². The van der Waals surface area contributed by atoms with E-state index in [1.165, 1.54) is 12.1 Å². The number of likely N-dealkylation sites (tertiary alicyclic amines) is 1. The minimum absolute atomic E-state index is 0.0857. The Balaban J connectivity index is 1.34. The van der Waals surface area contributed by atoms with Gasteiger partial charge in [-0.05, 0) is 55.8 Å². The van der Waals surface area contributed by atoms with Crippen molar-refractivity contribution in [2.45, 2.75) is 32.9 Å². The van der Waals surface area contributed by atoms with E-state index in [4.69, 9.17) is 4.74 Å². The van der Waals surface area contributed by atoms with E-state index in [1.807, 2.05) is 36.9 Å². The van der Waals surface area contributed by atoms with Gasteiger partial charge in [0.1, 0.15) is 5.75 Å². The molecule has 2 heterocycles. The van der Waals surface area contributed by atoms with Gasteiger partial charge >= 0.3 is 6.36 Å². The summed E-state index contributed by atoms with van der Waals surface area (Å²) in [4.78, 5) is 26.8. The van der Waals surface area contributed by atoms with E-state index in [0.29, 0.717) is 37.3 Å². The maximum Gasteiger partial charge on any atom is 0.573 e. The molecule has 1 aliphatic heterocycles. The van der Waals surface area contributed by atoms with Crippen molar-refractivity contribution < 1.29 is 32.2 Å². The molecular weight excluding hydrogens is 477 g/mol. The fraction of sp³-hybridized carbons (Fsp3) is 0.400. The molecule has 8 nitrogen and oxygen atoms in total. The molecule has 1 fully saturated rings. The second-order valence-electron chi connectivity index (χ2n) is 8.98. The van der Waals surface area contributed by atoms with Crippen LogP contribution in [0.4, 0.5) is 13.2 Å². The van der Waals surface area contributed by atoms with Crippen LogP contribution in [-0.2, 0) is 11.3 Å². The van der Waals surface area contributed by atoms with E-state index in [1.54, 1.807) is 12.0 Å². The molecule has 0 aliphatic carbocycles. The Morgan fingerprint density at radius 2 is 1.89 bits per heavy atom. The molecule has 1 aromatic heterocycles. The van der Waals surface area contributed by atoms with Gasteiger partial charge in [-0.2, -0.15) is 5.10 Å². The number of fused-ring (bicyclic) bond motifs is 1. The number of carbonyl (C=O) groups is 2. The van der Waals surface area contributed by atoms with Gasteiger partial charge in [-0.3, -0.25) is 14.3 Å². The lowest BCUT2D eigenvalue weighted by molar-refractivity contribution is -0.274. The van der Waals surface area contributed by atoms with E-state index in [2.05, 4.69) is 15.2 Å². The molecule has 0 saturated carbocycles. The van der Waals surface area contributed by atoms with Gasteiger partial charge in [-0.1, -0.05) is 0 Å². The lowest BCUT2D eigenvalue weighted by Crippen LogP contribution is -2.51. The van der Waals surface area contributed by atoms with E-state index in [0.717, 1.165) is 28.6 Å². The Labute approximate surface area is 206 Å². The largest absolute Gasteiger partial charge is 0.573 e. The Kier molecular flexibility index (Phi) is 7.21. The number of nitrogens with zero attached hydrogens (tertiary/aromatic N) is 3. The van der Waals surface area contributed by atoms with Crippen LogP contribution in [0.25, 0.3) is 10.9 Å². The second-order valence-corrected chi connectivity index (χ2v) is 8.98. The van der Waals surface area contributed by atoms with Crippen LogP contribution in [-0.4, -0.2) is 65.7 Å². The highest BCUT2D eigenvalue weighted by molar-refractivity contribution is 5.99. The topological polar surface area (TPSA) is 85.7 Å². The van der Waals surface area contributed by atoms with Gasteiger partial charge in [-0.15, -0.1) is 13.2 Å². The molecule has 2 aromatic carbocycles. The first-order valence-electron chi connectivity index (χ1n) is 11.5. The zero-order valence-electron chi connectivity index (χ0n) is 20.1. The third-order valence-corrected chi connectivity index (χ3v) is 6.12. The van der Waals surface area contributed by atoms with E-state index < -0.39 is 6.36 Å². The number of ether oxygens (including phenoxy) is 2. The lowest BCUT2D eigenvalue weighted by atomic mass is 9.99. The Hall–Kier alpha value is -3.60. The van der Waals surface area contributed by atoms with Crippen molar-refractivity contribution in [1.82, 2.24) is 20.0 Å². The first-order valence-corrected chi connectivity index (χ1v) is 11.5. The van der Waals surface area contributed by atoms with Crippen molar-refractivity contribution in [3.8, 4) is 5.75 Å². The molecule has 1 N–H and O–H groups in total. The maximum absolute atomic E-state index is 12.6. The number of rotatable bonds is 8. The van der Waals surface area contributed by atoms with Crippen LogP contribution < -0.4 is 10.1 Å². The molecular formula is C25H27F3N4O4. The molecule has 0 bridgehead atoms. The van der Waals surface area contributed by atoms with Crippen LogP contribution in [0, 0.1) is 12.8 Å². The predicted molar refractivity (Wildman–Crippen MR) is 126 cm³/mol. The van der Waals surface area contributed by atoms with E-state index in [9.17, 15) is 22.8 Å². The third kappa shape index (κ3) is 5.96. The lowest BCUT2D eigenvalue weighted by Gasteiger charge is -2.39. The Morgan fingerprint density at radius 3 is 2.53 bits per heavy atom. The van der Waals surface area contributed by atoms with Gasteiger partial charge in [0, 0.05) is 61.9 Å². The van der Waals surface area contributed by atoms with Gasteiger partial charge < -0.3 is 19.7 Å². The molecule has 1 saturated heterocycles. The number of nitrogens with one attached hydrogen (secondary N) is 1. The van der Waals surface area contributed by atoms with Gasteiger partial charge in [0.05, 0.1) is 11.6 Å². The van der Waals surface area contributed by atoms with Gasteiger partial charge in [0.15, 0.2) is 0 Å². The highest BCUT2D eigenvalue weighted by atomic mass is 19.4. The number of carbonyl (C=O) groups excluding carboxylic acids is 2. The number of halogens is 3. The van der Waals surface area contributed by atoms with E-state index >= 15 is 0 Å². The molecule has 192 valence electrons. The first-order chi connectivity index (χ1) is 17.0. The Morgan fingerprint density at radius 1 is 1.19 bits per heavy atom. The molecule has 1 atom stereocenters. The molecule has 1 unspecified atom stereocenters. The second kappa shape index (κ2) is 10.2. The predicted octanol–water partition coefficient (Wildman–Crippen LogP) is 3.78. The van der Waals surface area contributed by atoms with Gasteiger partial charge in [0.25, 0.3) is 11.8 Å². The third-order valence-electron chi connectivity index (χ3n) is 6.12. The summed E-state index contributed by atoms with van der Waals surface area (Å²) >= 11 is 0. The molecule has 11 heteroatoms. The average Bonchev–Trinajstić information content (AvgIpc) is 3.19. The number of hydrogen-bond donors (Lipinski definition) is 1.